The summed E-state index contributed by atoms with van der Waals surface area (Å²) in [6.45, 7) is 0. The van der Waals surface area contributed by atoms with Gasteiger partial charge in [-0.25, -0.2) is 8.78 Å². The molecule has 0 heterocycles. The fraction of sp³-hybridized carbons (Fsp3) is 0.647. The zero-order chi connectivity index (χ0) is 13.4. The van der Waals surface area contributed by atoms with Crippen LogP contribution < -0.4 is 0 Å². The first kappa shape index (κ1) is 10.7. The number of benzene rings is 1. The molecule has 1 aromatic rings. The Morgan fingerprint density at radius 1 is 0.900 bits per heavy atom. The second-order valence-corrected chi connectivity index (χ2v) is 7.69. The van der Waals surface area contributed by atoms with Gasteiger partial charge in [0.15, 0.2) is 0 Å². The van der Waals surface area contributed by atoms with Crippen molar-refractivity contribution in [2.24, 2.45) is 47.3 Å². The van der Waals surface area contributed by atoms with Crippen LogP contribution in [0.25, 0.3) is 0 Å². The average Bonchev–Trinajstić information content (AvgIpc) is 2.91. The summed E-state index contributed by atoms with van der Waals surface area (Å²) in [4.78, 5) is 0. The van der Waals surface area contributed by atoms with Gasteiger partial charge in [0.1, 0.15) is 0 Å². The molecular weight excluding hydrogens is 258 g/mol. The lowest BCUT2D eigenvalue weighted by Gasteiger charge is -2.54. The molecule has 20 heavy (non-hydrogen) atoms. The molecule has 1 aromatic carbocycles. The van der Waals surface area contributed by atoms with Crippen molar-refractivity contribution < 1.29 is 13.9 Å². The van der Waals surface area contributed by atoms with E-state index in [4.69, 9.17) is 0 Å². The molecule has 0 radical (unpaired) electrons. The summed E-state index contributed by atoms with van der Waals surface area (Å²) in [5.41, 5.74) is -0.0935. The van der Waals surface area contributed by atoms with Crippen molar-refractivity contribution in [2.75, 3.05) is 0 Å². The van der Waals surface area contributed by atoms with Crippen LogP contribution in [0.4, 0.5) is 8.78 Å². The number of halogens is 2. The summed E-state index contributed by atoms with van der Waals surface area (Å²) in [6.07, 6.45) is 0.947. The van der Waals surface area contributed by atoms with Crippen LogP contribution >= 0.6 is 0 Å². The quantitative estimate of drug-likeness (QED) is 0.835. The van der Waals surface area contributed by atoms with Gasteiger partial charge in [-0.2, -0.15) is 0 Å². The summed E-state index contributed by atoms with van der Waals surface area (Å²) in [5, 5.41) is 11.4. The highest BCUT2D eigenvalue weighted by atomic mass is 19.3. The van der Waals surface area contributed by atoms with E-state index in [2.05, 4.69) is 0 Å². The summed E-state index contributed by atoms with van der Waals surface area (Å²) in [6, 6.07) is 9.62. The van der Waals surface area contributed by atoms with Crippen molar-refractivity contribution in [3.63, 3.8) is 0 Å². The molecule has 104 valence electrons. The Morgan fingerprint density at radius 3 is 2.30 bits per heavy atom. The Morgan fingerprint density at radius 2 is 1.55 bits per heavy atom. The smallest absolute Gasteiger partial charge is 0.255 e. The summed E-state index contributed by atoms with van der Waals surface area (Å²) in [5.74, 6) is -2.85. The predicted octanol–water partition coefficient (Wildman–Crippen LogP) is 2.90. The first-order valence-corrected chi connectivity index (χ1v) is 7.73. The van der Waals surface area contributed by atoms with E-state index in [1.807, 2.05) is 30.3 Å². The van der Waals surface area contributed by atoms with Crippen LogP contribution in [0, 0.1) is 47.3 Å². The van der Waals surface area contributed by atoms with Crippen LogP contribution in [0.5, 0.6) is 0 Å². The molecule has 1 N–H and O–H groups in total. The second-order valence-electron chi connectivity index (χ2n) is 7.69. The molecule has 0 spiro atoms. The minimum Gasteiger partial charge on any atom is -0.385 e. The summed E-state index contributed by atoms with van der Waals surface area (Å²) in [7, 11) is 0. The molecule has 1 nitrogen and oxygen atoms in total. The topological polar surface area (TPSA) is 20.2 Å². The zero-order valence-corrected chi connectivity index (χ0v) is 10.9. The van der Waals surface area contributed by atoms with Crippen molar-refractivity contribution in [2.45, 2.75) is 17.9 Å². The van der Waals surface area contributed by atoms with Crippen LogP contribution in [-0.4, -0.2) is 11.0 Å². The number of aliphatic hydroxyl groups is 1. The molecule has 2 bridgehead atoms. The van der Waals surface area contributed by atoms with Crippen molar-refractivity contribution in [3.8, 4) is 0 Å². The van der Waals surface area contributed by atoms with Crippen molar-refractivity contribution in [3.05, 3.63) is 35.9 Å². The van der Waals surface area contributed by atoms with Crippen molar-refractivity contribution in [1.29, 1.82) is 0 Å². The van der Waals surface area contributed by atoms with Crippen molar-refractivity contribution in [1.82, 2.24) is 0 Å². The molecule has 6 rings (SSSR count). The van der Waals surface area contributed by atoms with E-state index in [1.165, 1.54) is 0 Å². The normalized spacial score (nSPS) is 62.1. The van der Waals surface area contributed by atoms with Gasteiger partial charge in [0.25, 0.3) is 5.92 Å². The molecule has 0 unspecified atom stereocenters. The Bertz CT molecular complexity index is 629. The second kappa shape index (κ2) is 2.70. The highest BCUT2D eigenvalue weighted by Crippen LogP contribution is 2.89. The molecular formula is C17H16F2O. The van der Waals surface area contributed by atoms with Crippen LogP contribution in [0.2, 0.25) is 0 Å². The van der Waals surface area contributed by atoms with Gasteiger partial charge in [-0.3, -0.25) is 0 Å². The molecule has 0 aliphatic heterocycles. The van der Waals surface area contributed by atoms with E-state index >= 15 is 0 Å². The molecule has 3 heteroatoms. The molecule has 0 amide bonds. The average molecular weight is 274 g/mol. The van der Waals surface area contributed by atoms with Gasteiger partial charge in [-0.1, -0.05) is 30.3 Å². The first-order chi connectivity index (χ1) is 9.58. The predicted molar refractivity (Wildman–Crippen MR) is 67.8 cm³/mol. The van der Waals surface area contributed by atoms with E-state index in [1.54, 1.807) is 0 Å². The standard InChI is InChI=1S/C17H16F2O/c18-17(19)13-9-6-8-10-11(9)15(17)14(10)16(20,12(8)13)7-4-2-1-3-5-7/h1-5,8-15,20H,6H2/t8-,9+,10-,11+,12+,13-,14+,15+,16-/m1/s1. The summed E-state index contributed by atoms with van der Waals surface area (Å²) < 4.78 is 29.3. The highest BCUT2D eigenvalue weighted by molar-refractivity contribution is 5.41. The lowest BCUT2D eigenvalue weighted by Crippen LogP contribution is -2.59. The van der Waals surface area contributed by atoms with Crippen LogP contribution in [0.3, 0.4) is 0 Å². The molecule has 5 aliphatic carbocycles. The Kier molecular flexibility index (Phi) is 1.45. The fourth-order valence-electron chi connectivity index (χ4n) is 7.57. The van der Waals surface area contributed by atoms with Gasteiger partial charge in [0, 0.05) is 23.7 Å². The monoisotopic (exact) mass is 274 g/mol. The Balaban J connectivity index is 1.62. The van der Waals surface area contributed by atoms with E-state index < -0.39 is 23.4 Å². The largest absolute Gasteiger partial charge is 0.385 e. The molecule has 0 aromatic heterocycles. The van der Waals surface area contributed by atoms with Crippen LogP contribution in [-0.2, 0) is 5.60 Å². The van der Waals surface area contributed by atoms with Gasteiger partial charge < -0.3 is 5.11 Å². The number of alkyl halides is 2. The number of rotatable bonds is 1. The summed E-state index contributed by atoms with van der Waals surface area (Å²) >= 11 is 0. The highest BCUT2D eigenvalue weighted by Gasteiger charge is 2.92. The molecule has 0 saturated heterocycles. The maximum atomic E-state index is 14.6. The molecule has 5 saturated carbocycles. The lowest BCUT2D eigenvalue weighted by atomic mass is 9.54. The lowest BCUT2D eigenvalue weighted by molar-refractivity contribution is -0.238. The van der Waals surface area contributed by atoms with E-state index in [0.717, 1.165) is 12.0 Å². The number of fused-ring (bicyclic) bond motifs is 2. The van der Waals surface area contributed by atoms with Crippen LogP contribution in [0.15, 0.2) is 30.3 Å². The van der Waals surface area contributed by atoms with E-state index in [-0.39, 0.29) is 23.7 Å². The van der Waals surface area contributed by atoms with E-state index in [0.29, 0.717) is 11.8 Å². The third kappa shape index (κ3) is 0.739. The Labute approximate surface area is 116 Å². The van der Waals surface area contributed by atoms with Gasteiger partial charge >= 0.3 is 0 Å². The molecule has 5 aliphatic rings. The Hall–Kier alpha value is -0.960. The SMILES string of the molecule is O[C@]1(c2ccccc2)[C@H]2[C@@H]3C[C@H]4[C@H]5[C@@H]3[C@H]1[C@H]5C(F)(F)[C@H]42. The minimum absolute atomic E-state index is 0.191. The maximum Gasteiger partial charge on any atom is 0.255 e. The van der Waals surface area contributed by atoms with Crippen LogP contribution in [0.1, 0.15) is 12.0 Å². The first-order valence-electron chi connectivity index (χ1n) is 7.73. The fourth-order valence-corrected chi connectivity index (χ4v) is 7.57. The number of hydrogen-bond donors (Lipinski definition) is 1. The van der Waals surface area contributed by atoms with Gasteiger partial charge in [0.05, 0.1) is 5.60 Å². The number of hydrogen-bond acceptors (Lipinski definition) is 1. The molecule has 9 atom stereocenters. The van der Waals surface area contributed by atoms with Gasteiger partial charge in [-0.05, 0) is 35.7 Å². The van der Waals surface area contributed by atoms with Gasteiger partial charge in [0.2, 0.25) is 0 Å². The van der Waals surface area contributed by atoms with Crippen molar-refractivity contribution >= 4 is 0 Å². The molecule has 5 fully saturated rings. The maximum absolute atomic E-state index is 14.6. The van der Waals surface area contributed by atoms with Gasteiger partial charge in [-0.15, -0.1) is 0 Å². The third-order valence-corrected chi connectivity index (χ3v) is 7.64. The minimum atomic E-state index is -2.52. The zero-order valence-electron chi connectivity index (χ0n) is 10.9. The third-order valence-electron chi connectivity index (χ3n) is 7.64. The van der Waals surface area contributed by atoms with E-state index in [9.17, 15) is 13.9 Å².